The van der Waals surface area contributed by atoms with Crippen LogP contribution in [0.1, 0.15) is 133 Å². The quantitative estimate of drug-likeness (QED) is 0.273. The Bertz CT molecular complexity index is 399. The first kappa shape index (κ1) is 26.0. The third-order valence-electron chi connectivity index (χ3n) is 9.57. The van der Waals surface area contributed by atoms with Crippen LogP contribution in [0.2, 0.25) is 0 Å². The molecule has 7 unspecified atom stereocenters. The Morgan fingerprint density at radius 2 is 1.54 bits per heavy atom. The van der Waals surface area contributed by atoms with Gasteiger partial charge < -0.3 is 0 Å². The van der Waals surface area contributed by atoms with Gasteiger partial charge >= 0.3 is 0 Å². The first-order valence-electron chi connectivity index (χ1n) is 13.3. The van der Waals surface area contributed by atoms with Gasteiger partial charge in [0.25, 0.3) is 0 Å². The molecule has 8 atom stereocenters. The normalized spacial score (nSPS) is 32.7. The number of hydrogen-bond donors (Lipinski definition) is 0. The summed E-state index contributed by atoms with van der Waals surface area (Å²) in [6.45, 7) is 22.6. The van der Waals surface area contributed by atoms with E-state index in [0.717, 1.165) is 41.4 Å². The van der Waals surface area contributed by atoms with Crippen LogP contribution in [0.3, 0.4) is 0 Å². The van der Waals surface area contributed by atoms with E-state index in [-0.39, 0.29) is 0 Å². The van der Waals surface area contributed by atoms with E-state index < -0.39 is 0 Å². The molecular weight excluding hydrogens is 336 g/mol. The molecule has 0 aromatic rings. The van der Waals surface area contributed by atoms with Gasteiger partial charge in [0.2, 0.25) is 0 Å². The molecule has 28 heavy (non-hydrogen) atoms. The lowest BCUT2D eigenvalue weighted by atomic mass is 9.50. The average molecular weight is 393 g/mol. The van der Waals surface area contributed by atoms with Crippen LogP contribution >= 0.6 is 0 Å². The van der Waals surface area contributed by atoms with Crippen molar-refractivity contribution in [3.63, 3.8) is 0 Å². The number of hydrogen-bond acceptors (Lipinski definition) is 0. The van der Waals surface area contributed by atoms with Crippen LogP contribution < -0.4 is 0 Å². The minimum Gasteiger partial charge on any atom is -0.0654 e. The molecule has 0 heterocycles. The fraction of sp³-hybridized carbons (Fsp3) is 1.00. The van der Waals surface area contributed by atoms with Gasteiger partial charge in [0, 0.05) is 0 Å². The van der Waals surface area contributed by atoms with Crippen LogP contribution in [0.5, 0.6) is 0 Å². The highest BCUT2D eigenvalue weighted by molar-refractivity contribution is 4.98. The number of unbranched alkanes of at least 4 members (excludes halogenated alkanes) is 2. The van der Waals surface area contributed by atoms with Crippen LogP contribution in [0, 0.1) is 46.8 Å². The van der Waals surface area contributed by atoms with Crippen molar-refractivity contribution in [1.29, 1.82) is 0 Å². The van der Waals surface area contributed by atoms with Gasteiger partial charge in [0.05, 0.1) is 0 Å². The second-order valence-electron chi connectivity index (χ2n) is 10.9. The van der Waals surface area contributed by atoms with Crippen molar-refractivity contribution in [2.75, 3.05) is 0 Å². The molecule has 1 aliphatic carbocycles. The van der Waals surface area contributed by atoms with E-state index in [9.17, 15) is 0 Å². The van der Waals surface area contributed by atoms with E-state index in [1.165, 1.54) is 70.6 Å². The summed E-state index contributed by atoms with van der Waals surface area (Å²) in [5, 5.41) is 0. The lowest BCUT2D eigenvalue weighted by molar-refractivity contribution is -0.0577. The molecule has 0 aromatic carbocycles. The summed E-state index contributed by atoms with van der Waals surface area (Å²) in [6, 6.07) is 0. The van der Waals surface area contributed by atoms with E-state index in [1.54, 1.807) is 0 Å². The second-order valence-corrected chi connectivity index (χ2v) is 10.9. The zero-order valence-electron chi connectivity index (χ0n) is 21.3. The predicted molar refractivity (Wildman–Crippen MR) is 129 cm³/mol. The first-order chi connectivity index (χ1) is 13.3. The van der Waals surface area contributed by atoms with Gasteiger partial charge in [-0.1, -0.05) is 120 Å². The maximum absolute atomic E-state index is 2.68. The van der Waals surface area contributed by atoms with Gasteiger partial charge in [-0.15, -0.1) is 0 Å². The molecule has 0 heteroatoms. The summed E-state index contributed by atoms with van der Waals surface area (Å²) in [7, 11) is 0. The van der Waals surface area contributed by atoms with Gasteiger partial charge in [-0.2, -0.15) is 0 Å². The van der Waals surface area contributed by atoms with Crippen molar-refractivity contribution in [1.82, 2.24) is 0 Å². The van der Waals surface area contributed by atoms with Crippen LogP contribution in [0.4, 0.5) is 0 Å². The minimum absolute atomic E-state index is 0.543. The standard InChI is InChI=1S/C28H56/c1-10-15-16-18-21(6)27(14-5)28(9)20-19-26(22(7)23(28)8)25(13-4)24(12-3)17-11-2/h21-27H,10-20H2,1-9H3/t21-,22?,23?,24?,25?,26?,27?,28?/m1/s1. The van der Waals surface area contributed by atoms with E-state index in [4.69, 9.17) is 0 Å². The highest BCUT2D eigenvalue weighted by Crippen LogP contribution is 2.56. The van der Waals surface area contributed by atoms with E-state index >= 15 is 0 Å². The van der Waals surface area contributed by atoms with E-state index in [1.807, 2.05) is 0 Å². The molecule has 1 fully saturated rings. The highest BCUT2D eigenvalue weighted by atomic mass is 14.5. The molecule has 0 N–H and O–H groups in total. The third kappa shape index (κ3) is 6.01. The lowest BCUT2D eigenvalue weighted by Crippen LogP contribution is -2.47. The summed E-state index contributed by atoms with van der Waals surface area (Å²) < 4.78 is 0. The third-order valence-corrected chi connectivity index (χ3v) is 9.57. The van der Waals surface area contributed by atoms with Crippen molar-refractivity contribution in [3.05, 3.63) is 0 Å². The zero-order chi connectivity index (χ0) is 21.3. The Balaban J connectivity index is 2.94. The SMILES string of the molecule is CCCCC[C@@H](C)C(CC)C1(C)CCC(C(CC)C(CC)CCC)C(C)C1C. The van der Waals surface area contributed by atoms with Crippen molar-refractivity contribution >= 4 is 0 Å². The molecule has 0 aromatic heterocycles. The Morgan fingerprint density at radius 3 is 2.04 bits per heavy atom. The van der Waals surface area contributed by atoms with Crippen LogP contribution in [0.15, 0.2) is 0 Å². The second kappa shape index (κ2) is 12.6. The molecule has 0 bridgehead atoms. The molecule has 0 aliphatic heterocycles. The highest BCUT2D eigenvalue weighted by Gasteiger charge is 2.48. The van der Waals surface area contributed by atoms with Gasteiger partial charge in [0.15, 0.2) is 0 Å². The minimum atomic E-state index is 0.543. The largest absolute Gasteiger partial charge is 0.0654 e. The molecule has 0 spiro atoms. The molecule has 0 saturated heterocycles. The van der Waals surface area contributed by atoms with Gasteiger partial charge in [-0.25, -0.2) is 0 Å². The van der Waals surface area contributed by atoms with Crippen molar-refractivity contribution in [2.24, 2.45) is 46.8 Å². The van der Waals surface area contributed by atoms with Gasteiger partial charge in [-0.05, 0) is 59.7 Å². The van der Waals surface area contributed by atoms with Gasteiger partial charge in [-0.3, -0.25) is 0 Å². The zero-order valence-corrected chi connectivity index (χ0v) is 21.3. The first-order valence-corrected chi connectivity index (χ1v) is 13.3. The summed E-state index contributed by atoms with van der Waals surface area (Å²) >= 11 is 0. The lowest BCUT2D eigenvalue weighted by Gasteiger charge is -2.55. The Hall–Kier alpha value is 0. The Labute approximate surface area is 180 Å². The van der Waals surface area contributed by atoms with Gasteiger partial charge in [0.1, 0.15) is 0 Å². The van der Waals surface area contributed by atoms with Crippen molar-refractivity contribution in [2.45, 2.75) is 133 Å². The molecule has 0 amide bonds. The predicted octanol–water partition coefficient (Wildman–Crippen LogP) is 9.77. The number of rotatable bonds is 13. The topological polar surface area (TPSA) is 0 Å². The molecule has 168 valence electrons. The summed E-state index contributed by atoms with van der Waals surface area (Å²) in [5.41, 5.74) is 0.543. The maximum atomic E-state index is 2.68. The molecule has 1 aliphatic rings. The van der Waals surface area contributed by atoms with Crippen molar-refractivity contribution < 1.29 is 0 Å². The smallest absolute Gasteiger partial charge is 0.0267 e. The Kier molecular flexibility index (Phi) is 11.8. The molecule has 0 radical (unpaired) electrons. The fourth-order valence-electron chi connectivity index (χ4n) is 7.58. The summed E-state index contributed by atoms with van der Waals surface area (Å²) in [4.78, 5) is 0. The molecule has 1 rings (SSSR count). The van der Waals surface area contributed by atoms with Crippen LogP contribution in [-0.4, -0.2) is 0 Å². The van der Waals surface area contributed by atoms with E-state index in [0.29, 0.717) is 5.41 Å². The summed E-state index contributed by atoms with van der Waals surface area (Å²) in [6.07, 6.45) is 15.5. The fourth-order valence-corrected chi connectivity index (χ4v) is 7.58. The molecular formula is C28H56. The average Bonchev–Trinajstić information content (AvgIpc) is 2.68. The molecule has 0 nitrogen and oxygen atoms in total. The van der Waals surface area contributed by atoms with Crippen LogP contribution in [-0.2, 0) is 0 Å². The maximum Gasteiger partial charge on any atom is -0.0267 e. The molecule has 1 saturated carbocycles. The summed E-state index contributed by atoms with van der Waals surface area (Å²) in [5.74, 6) is 6.39. The van der Waals surface area contributed by atoms with E-state index in [2.05, 4.69) is 62.3 Å². The monoisotopic (exact) mass is 392 g/mol. The Morgan fingerprint density at radius 1 is 0.857 bits per heavy atom. The van der Waals surface area contributed by atoms with Crippen LogP contribution in [0.25, 0.3) is 0 Å². The van der Waals surface area contributed by atoms with Crippen molar-refractivity contribution in [3.8, 4) is 0 Å².